The van der Waals surface area contributed by atoms with Crippen LogP contribution >= 0.6 is 0 Å². The van der Waals surface area contributed by atoms with Gasteiger partial charge in [0, 0.05) is 38.3 Å². The molecule has 1 saturated heterocycles. The number of piperidine rings is 1. The first-order valence-corrected chi connectivity index (χ1v) is 11.8. The van der Waals surface area contributed by atoms with Crippen LogP contribution in [0.1, 0.15) is 24.5 Å². The lowest BCUT2D eigenvalue weighted by Crippen LogP contribution is -2.55. The summed E-state index contributed by atoms with van der Waals surface area (Å²) in [5.41, 5.74) is 3.69. The zero-order chi connectivity index (χ0) is 22.6. The molecule has 2 aliphatic rings. The van der Waals surface area contributed by atoms with Crippen LogP contribution < -0.4 is 15.0 Å². The number of nitrogens with zero attached hydrogens (tertiary/aromatic N) is 4. The highest BCUT2D eigenvalue weighted by molar-refractivity contribution is 5.65. The van der Waals surface area contributed by atoms with Crippen LogP contribution in [0.3, 0.4) is 0 Å². The third kappa shape index (κ3) is 4.79. The lowest BCUT2D eigenvalue weighted by molar-refractivity contribution is 0.0293. The molecule has 2 aromatic carbocycles. The topological polar surface area (TPSA) is 73.8 Å². The molecular weight excluding hydrogens is 414 g/mol. The first-order valence-electron chi connectivity index (χ1n) is 11.8. The number of hydrogen-bond donors (Lipinski definition) is 2. The van der Waals surface area contributed by atoms with Crippen molar-refractivity contribution < 1.29 is 9.84 Å². The third-order valence-electron chi connectivity index (χ3n) is 6.60. The Hall–Kier alpha value is -3.16. The minimum absolute atomic E-state index is 0.173. The van der Waals surface area contributed by atoms with Gasteiger partial charge in [0.25, 0.3) is 0 Å². The van der Waals surface area contributed by atoms with Crippen LogP contribution in [0.2, 0.25) is 0 Å². The number of para-hydroxylation sites is 2. The van der Waals surface area contributed by atoms with Gasteiger partial charge in [-0.15, -0.1) is 0 Å². The molecule has 7 heteroatoms. The van der Waals surface area contributed by atoms with Gasteiger partial charge in [-0.25, -0.2) is 9.97 Å². The molecular formula is C26H31N5O2. The number of hydrogen-bond acceptors (Lipinski definition) is 7. The molecule has 172 valence electrons. The van der Waals surface area contributed by atoms with Crippen LogP contribution in [-0.4, -0.2) is 58.4 Å². The minimum atomic E-state index is -0.422. The number of aliphatic hydroxyl groups is 1. The van der Waals surface area contributed by atoms with Gasteiger partial charge >= 0.3 is 0 Å². The van der Waals surface area contributed by atoms with Crippen molar-refractivity contribution in [2.45, 2.75) is 38.5 Å². The van der Waals surface area contributed by atoms with Crippen molar-refractivity contribution in [1.29, 1.82) is 0 Å². The van der Waals surface area contributed by atoms with Crippen molar-refractivity contribution in [2.75, 3.05) is 36.5 Å². The number of ether oxygens (including phenoxy) is 1. The second-order valence-corrected chi connectivity index (χ2v) is 8.67. The molecule has 0 bridgehead atoms. The Kier molecular flexibility index (Phi) is 6.41. The van der Waals surface area contributed by atoms with Crippen LogP contribution in [0.5, 0.6) is 5.75 Å². The second kappa shape index (κ2) is 9.77. The van der Waals surface area contributed by atoms with Crippen molar-refractivity contribution >= 4 is 17.3 Å². The van der Waals surface area contributed by atoms with E-state index in [4.69, 9.17) is 4.74 Å². The number of aromatic nitrogens is 2. The van der Waals surface area contributed by atoms with Crippen LogP contribution in [-0.2, 0) is 13.0 Å². The van der Waals surface area contributed by atoms with Crippen LogP contribution in [0.4, 0.5) is 17.3 Å². The highest BCUT2D eigenvalue weighted by Crippen LogP contribution is 2.29. The summed E-state index contributed by atoms with van der Waals surface area (Å²) in [5, 5.41) is 14.4. The molecule has 33 heavy (non-hydrogen) atoms. The van der Waals surface area contributed by atoms with Gasteiger partial charge in [0.1, 0.15) is 23.7 Å². The van der Waals surface area contributed by atoms with Crippen LogP contribution in [0.25, 0.3) is 0 Å². The molecule has 5 rings (SSSR count). The maximum Gasteiger partial charge on any atom is 0.142 e. The smallest absolute Gasteiger partial charge is 0.142 e. The quantitative estimate of drug-likeness (QED) is 0.600. The number of benzene rings is 2. The highest BCUT2D eigenvalue weighted by atomic mass is 16.5. The lowest BCUT2D eigenvalue weighted by atomic mass is 9.94. The fraction of sp³-hybridized carbons (Fsp3) is 0.385. The Morgan fingerprint density at radius 3 is 2.73 bits per heavy atom. The van der Waals surface area contributed by atoms with E-state index in [1.165, 1.54) is 11.1 Å². The molecule has 2 atom stereocenters. The third-order valence-corrected chi connectivity index (χ3v) is 6.60. The molecule has 0 radical (unpaired) electrons. The number of β-amino-alcohol motifs (C(OH)–C–C–N with tert-alkyl or cyclic N) is 1. The van der Waals surface area contributed by atoms with Gasteiger partial charge in [0.15, 0.2) is 0 Å². The molecule has 2 aliphatic heterocycles. The largest absolute Gasteiger partial charge is 0.492 e. The lowest BCUT2D eigenvalue weighted by Gasteiger charge is -2.43. The van der Waals surface area contributed by atoms with Gasteiger partial charge in [-0.3, -0.25) is 4.90 Å². The van der Waals surface area contributed by atoms with E-state index in [2.05, 4.69) is 49.4 Å². The van der Waals surface area contributed by atoms with Crippen molar-refractivity contribution in [2.24, 2.45) is 0 Å². The number of fused-ring (bicyclic) bond motifs is 1. The fourth-order valence-electron chi connectivity index (χ4n) is 4.93. The summed E-state index contributed by atoms with van der Waals surface area (Å²) in [6.45, 7) is 5.90. The maximum atomic E-state index is 11.0. The summed E-state index contributed by atoms with van der Waals surface area (Å²) in [6, 6.07) is 18.6. The molecule has 0 amide bonds. The summed E-state index contributed by atoms with van der Waals surface area (Å²) < 4.78 is 5.71. The predicted octanol–water partition coefficient (Wildman–Crippen LogP) is 3.62. The van der Waals surface area contributed by atoms with E-state index in [9.17, 15) is 5.11 Å². The normalized spacial score (nSPS) is 20.8. The first kappa shape index (κ1) is 21.7. The van der Waals surface area contributed by atoms with Gasteiger partial charge in [-0.1, -0.05) is 36.4 Å². The molecule has 0 spiro atoms. The number of anilines is 3. The number of aliphatic hydroxyl groups excluding tert-OH is 1. The zero-order valence-electron chi connectivity index (χ0n) is 19.0. The Balaban J connectivity index is 1.25. The summed E-state index contributed by atoms with van der Waals surface area (Å²) in [6.07, 6.45) is 3.10. The van der Waals surface area contributed by atoms with E-state index in [1.54, 1.807) is 6.33 Å². The summed E-state index contributed by atoms with van der Waals surface area (Å²) >= 11 is 0. The Morgan fingerprint density at radius 1 is 1.06 bits per heavy atom. The first-order chi connectivity index (χ1) is 16.2. The summed E-state index contributed by atoms with van der Waals surface area (Å²) in [4.78, 5) is 13.5. The predicted molar refractivity (Wildman–Crippen MR) is 130 cm³/mol. The average Bonchev–Trinajstić information content (AvgIpc) is 2.85. The number of nitrogens with one attached hydrogen (secondary N) is 1. The van der Waals surface area contributed by atoms with E-state index in [1.807, 2.05) is 37.3 Å². The molecule has 3 heterocycles. The van der Waals surface area contributed by atoms with E-state index >= 15 is 0 Å². The average molecular weight is 446 g/mol. The zero-order valence-corrected chi connectivity index (χ0v) is 19.0. The van der Waals surface area contributed by atoms with Crippen molar-refractivity contribution in [3.05, 3.63) is 72.1 Å². The molecule has 1 aromatic heterocycles. The van der Waals surface area contributed by atoms with Gasteiger partial charge in [-0.05, 0) is 43.0 Å². The van der Waals surface area contributed by atoms with E-state index < -0.39 is 6.10 Å². The second-order valence-electron chi connectivity index (χ2n) is 8.67. The Bertz CT molecular complexity index is 1090. The summed E-state index contributed by atoms with van der Waals surface area (Å²) in [7, 11) is 0. The number of rotatable bonds is 6. The highest BCUT2D eigenvalue weighted by Gasteiger charge is 2.34. The molecule has 2 unspecified atom stereocenters. The van der Waals surface area contributed by atoms with Crippen LogP contribution in [0, 0.1) is 0 Å². The molecule has 1 fully saturated rings. The summed E-state index contributed by atoms with van der Waals surface area (Å²) in [5.74, 6) is 2.32. The maximum absolute atomic E-state index is 11.0. The standard InChI is InChI=1S/C26H31N5O2/c1-2-33-24-10-6-5-9-21(24)29-25-15-26(28-18-27-25)31-14-12-22(23(32)17-31)30-13-11-19-7-3-4-8-20(19)16-30/h3-10,15,18,22-23,32H,2,11-14,16-17H2,1H3,(H,27,28,29). The van der Waals surface area contributed by atoms with E-state index in [0.717, 1.165) is 49.7 Å². The molecule has 0 aliphatic carbocycles. The SMILES string of the molecule is CCOc1ccccc1Nc1cc(N2CCC(N3CCc4ccccc4C3)C(O)C2)ncn1. The fourth-order valence-corrected chi connectivity index (χ4v) is 4.93. The van der Waals surface area contributed by atoms with Crippen molar-refractivity contribution in [1.82, 2.24) is 14.9 Å². The Morgan fingerprint density at radius 2 is 1.88 bits per heavy atom. The van der Waals surface area contributed by atoms with Gasteiger partial charge < -0.3 is 20.1 Å². The molecule has 2 N–H and O–H groups in total. The van der Waals surface area contributed by atoms with E-state index in [-0.39, 0.29) is 6.04 Å². The monoisotopic (exact) mass is 445 g/mol. The van der Waals surface area contributed by atoms with Gasteiger partial charge in [0.05, 0.1) is 18.4 Å². The van der Waals surface area contributed by atoms with Crippen molar-refractivity contribution in [3.8, 4) is 5.75 Å². The minimum Gasteiger partial charge on any atom is -0.492 e. The Labute approximate surface area is 195 Å². The molecule has 7 nitrogen and oxygen atoms in total. The van der Waals surface area contributed by atoms with Gasteiger partial charge in [0.2, 0.25) is 0 Å². The van der Waals surface area contributed by atoms with Crippen molar-refractivity contribution in [3.63, 3.8) is 0 Å². The van der Waals surface area contributed by atoms with Crippen LogP contribution in [0.15, 0.2) is 60.9 Å². The molecule has 0 saturated carbocycles. The molecule has 3 aromatic rings. The van der Waals surface area contributed by atoms with Gasteiger partial charge in [-0.2, -0.15) is 0 Å². The van der Waals surface area contributed by atoms with E-state index in [0.29, 0.717) is 19.0 Å².